The molecule has 8 heteroatoms. The first-order chi connectivity index (χ1) is 14.6. The molecule has 0 saturated carbocycles. The average molecular weight is 418 g/mol. The third-order valence-electron chi connectivity index (χ3n) is 5.46. The van der Waals surface area contributed by atoms with Crippen LogP contribution in [-0.4, -0.2) is 99.8 Å². The summed E-state index contributed by atoms with van der Waals surface area (Å²) in [7, 11) is 5.87. The van der Waals surface area contributed by atoms with Gasteiger partial charge in [-0.05, 0) is 44.6 Å². The Labute approximate surface area is 179 Å². The van der Waals surface area contributed by atoms with E-state index in [0.717, 1.165) is 49.7 Å². The molecule has 0 aliphatic carbocycles. The van der Waals surface area contributed by atoms with Gasteiger partial charge in [0.1, 0.15) is 18.5 Å². The number of amides is 1. The summed E-state index contributed by atoms with van der Waals surface area (Å²) < 4.78 is 11.4. The fourth-order valence-corrected chi connectivity index (χ4v) is 3.72. The molecular weight excluding hydrogens is 382 g/mol. The molecule has 2 fully saturated rings. The molecule has 0 spiro atoms. The van der Waals surface area contributed by atoms with E-state index in [-0.39, 0.29) is 12.0 Å². The monoisotopic (exact) mass is 417 g/mol. The number of hydrogen-bond acceptors (Lipinski definition) is 5. The first-order valence-electron chi connectivity index (χ1n) is 10.8. The number of ether oxygens (including phenoxy) is 2. The number of aliphatic imine (C=N–C) groups is 1. The van der Waals surface area contributed by atoms with E-state index in [1.54, 1.807) is 7.05 Å². The second kappa shape index (κ2) is 11.2. The zero-order valence-electron chi connectivity index (χ0n) is 18.5. The summed E-state index contributed by atoms with van der Waals surface area (Å²) in [4.78, 5) is 23.2. The Bertz CT molecular complexity index is 710. The van der Waals surface area contributed by atoms with Crippen LogP contribution in [0, 0.1) is 0 Å². The van der Waals surface area contributed by atoms with Crippen LogP contribution in [0.25, 0.3) is 0 Å². The lowest BCUT2D eigenvalue weighted by Gasteiger charge is -2.37. The lowest BCUT2D eigenvalue weighted by Crippen LogP contribution is -2.55. The van der Waals surface area contributed by atoms with Gasteiger partial charge in [0.15, 0.2) is 5.96 Å². The van der Waals surface area contributed by atoms with E-state index in [9.17, 15) is 4.79 Å². The van der Waals surface area contributed by atoms with E-state index in [1.807, 2.05) is 31.1 Å². The predicted octanol–water partition coefficient (Wildman–Crippen LogP) is 1.03. The lowest BCUT2D eigenvalue weighted by atomic mass is 10.2. The molecule has 3 rings (SSSR count). The number of rotatable bonds is 7. The molecule has 1 unspecified atom stereocenters. The van der Waals surface area contributed by atoms with Crippen LogP contribution in [-0.2, 0) is 16.1 Å². The molecule has 2 heterocycles. The summed E-state index contributed by atoms with van der Waals surface area (Å²) in [6.45, 7) is 5.87. The molecule has 0 bridgehead atoms. The molecule has 0 radical (unpaired) electrons. The Morgan fingerprint density at radius 2 is 2.03 bits per heavy atom. The van der Waals surface area contributed by atoms with Crippen LogP contribution >= 0.6 is 0 Å². The van der Waals surface area contributed by atoms with Gasteiger partial charge < -0.3 is 29.5 Å². The lowest BCUT2D eigenvalue weighted by molar-refractivity contribution is -0.142. The van der Waals surface area contributed by atoms with Crippen molar-refractivity contribution in [1.82, 2.24) is 20.0 Å². The minimum atomic E-state index is -0.235. The highest BCUT2D eigenvalue weighted by Crippen LogP contribution is 2.16. The van der Waals surface area contributed by atoms with Crippen LogP contribution in [0.1, 0.15) is 18.4 Å². The fraction of sp³-hybridized carbons (Fsp3) is 0.636. The first-order valence-corrected chi connectivity index (χ1v) is 10.8. The number of piperazine rings is 1. The van der Waals surface area contributed by atoms with Gasteiger partial charge in [0.25, 0.3) is 5.91 Å². The van der Waals surface area contributed by atoms with Gasteiger partial charge in [0.2, 0.25) is 0 Å². The molecule has 166 valence electrons. The maximum absolute atomic E-state index is 12.5. The standard InChI is InChI=1S/C22H35N5O3/c1-23-22(24-17-18-6-4-7-19(16-18)29-15-13-25(2)3)27-11-9-26(10-12-27)21(28)20-8-5-14-30-20/h4,6-7,16,20H,5,8-15,17H2,1-3H3,(H,23,24). The minimum Gasteiger partial charge on any atom is -0.492 e. The molecule has 1 aromatic carbocycles. The van der Waals surface area contributed by atoms with Crippen molar-refractivity contribution in [2.45, 2.75) is 25.5 Å². The first kappa shape index (κ1) is 22.4. The van der Waals surface area contributed by atoms with E-state index < -0.39 is 0 Å². The van der Waals surface area contributed by atoms with E-state index in [2.05, 4.69) is 32.2 Å². The maximum atomic E-state index is 12.5. The van der Waals surface area contributed by atoms with Crippen molar-refractivity contribution in [1.29, 1.82) is 0 Å². The van der Waals surface area contributed by atoms with Crippen molar-refractivity contribution in [2.75, 3.05) is 67.1 Å². The molecule has 1 N–H and O–H groups in total. The Hall–Kier alpha value is -2.32. The Kier molecular flexibility index (Phi) is 8.33. The highest BCUT2D eigenvalue weighted by Gasteiger charge is 2.30. The molecule has 0 aromatic heterocycles. The second-order valence-corrected chi connectivity index (χ2v) is 8.01. The van der Waals surface area contributed by atoms with Gasteiger partial charge in [-0.2, -0.15) is 0 Å². The van der Waals surface area contributed by atoms with Gasteiger partial charge in [-0.15, -0.1) is 0 Å². The van der Waals surface area contributed by atoms with E-state index in [4.69, 9.17) is 9.47 Å². The van der Waals surface area contributed by atoms with Crippen LogP contribution < -0.4 is 10.1 Å². The van der Waals surface area contributed by atoms with Crippen molar-refractivity contribution in [3.8, 4) is 5.75 Å². The summed E-state index contributed by atoms with van der Waals surface area (Å²) in [5.41, 5.74) is 1.14. The van der Waals surface area contributed by atoms with Gasteiger partial charge in [0.05, 0.1) is 0 Å². The van der Waals surface area contributed by atoms with Crippen molar-refractivity contribution in [3.05, 3.63) is 29.8 Å². The molecule has 2 saturated heterocycles. The molecule has 2 aliphatic heterocycles. The summed E-state index contributed by atoms with van der Waals surface area (Å²) in [5.74, 6) is 1.88. The smallest absolute Gasteiger partial charge is 0.251 e. The second-order valence-electron chi connectivity index (χ2n) is 8.01. The predicted molar refractivity (Wildman–Crippen MR) is 118 cm³/mol. The van der Waals surface area contributed by atoms with E-state index in [0.29, 0.717) is 32.8 Å². The number of hydrogen-bond donors (Lipinski definition) is 1. The van der Waals surface area contributed by atoms with Crippen LogP contribution in [0.2, 0.25) is 0 Å². The third kappa shape index (κ3) is 6.34. The summed E-state index contributed by atoms with van der Waals surface area (Å²) >= 11 is 0. The molecule has 1 aromatic rings. The van der Waals surface area contributed by atoms with Gasteiger partial charge in [-0.1, -0.05) is 12.1 Å². The van der Waals surface area contributed by atoms with Crippen LogP contribution in [0.15, 0.2) is 29.3 Å². The van der Waals surface area contributed by atoms with Gasteiger partial charge in [-0.25, -0.2) is 0 Å². The van der Waals surface area contributed by atoms with Crippen LogP contribution in [0.3, 0.4) is 0 Å². The number of carbonyl (C=O) groups is 1. The summed E-state index contributed by atoms with van der Waals surface area (Å²) in [5, 5.41) is 3.44. The van der Waals surface area contributed by atoms with Crippen molar-refractivity contribution >= 4 is 11.9 Å². The highest BCUT2D eigenvalue weighted by atomic mass is 16.5. The molecule has 1 atom stereocenters. The van der Waals surface area contributed by atoms with Crippen molar-refractivity contribution in [2.24, 2.45) is 4.99 Å². The highest BCUT2D eigenvalue weighted by molar-refractivity contribution is 5.82. The quantitative estimate of drug-likeness (QED) is 0.528. The zero-order valence-corrected chi connectivity index (χ0v) is 18.5. The zero-order chi connectivity index (χ0) is 21.3. The number of likely N-dealkylation sites (N-methyl/N-ethyl adjacent to an activating group) is 1. The van der Waals surface area contributed by atoms with Gasteiger partial charge in [0, 0.05) is 52.9 Å². The van der Waals surface area contributed by atoms with Crippen LogP contribution in [0.4, 0.5) is 0 Å². The maximum Gasteiger partial charge on any atom is 0.251 e. The van der Waals surface area contributed by atoms with Crippen molar-refractivity contribution < 1.29 is 14.3 Å². The SMILES string of the molecule is CN=C(NCc1cccc(OCCN(C)C)c1)N1CCN(C(=O)C2CCCO2)CC1. The summed E-state index contributed by atoms with van der Waals surface area (Å²) in [6, 6.07) is 8.14. The Morgan fingerprint density at radius 3 is 2.70 bits per heavy atom. The number of benzene rings is 1. The number of carbonyl (C=O) groups excluding carboxylic acids is 1. The third-order valence-corrected chi connectivity index (χ3v) is 5.46. The fourth-order valence-electron chi connectivity index (χ4n) is 3.72. The normalized spacial score (nSPS) is 20.0. The summed E-state index contributed by atoms with van der Waals surface area (Å²) in [6.07, 6.45) is 1.59. The average Bonchev–Trinajstić information content (AvgIpc) is 3.29. The van der Waals surface area contributed by atoms with Gasteiger partial charge >= 0.3 is 0 Å². The number of nitrogens with zero attached hydrogens (tertiary/aromatic N) is 4. The number of nitrogens with one attached hydrogen (secondary N) is 1. The molecule has 1 amide bonds. The minimum absolute atomic E-state index is 0.140. The largest absolute Gasteiger partial charge is 0.492 e. The Balaban J connectivity index is 1.45. The molecular formula is C22H35N5O3. The van der Waals surface area contributed by atoms with E-state index >= 15 is 0 Å². The Morgan fingerprint density at radius 1 is 1.27 bits per heavy atom. The molecule has 30 heavy (non-hydrogen) atoms. The van der Waals surface area contributed by atoms with Crippen molar-refractivity contribution in [3.63, 3.8) is 0 Å². The van der Waals surface area contributed by atoms with Crippen LogP contribution in [0.5, 0.6) is 5.75 Å². The van der Waals surface area contributed by atoms with E-state index in [1.165, 1.54) is 0 Å². The molecule has 8 nitrogen and oxygen atoms in total. The number of guanidine groups is 1. The molecule has 2 aliphatic rings. The topological polar surface area (TPSA) is 69.6 Å². The van der Waals surface area contributed by atoms with Gasteiger partial charge in [-0.3, -0.25) is 9.79 Å².